The third-order valence-corrected chi connectivity index (χ3v) is 4.39. The third kappa shape index (κ3) is 1.40. The van der Waals surface area contributed by atoms with Crippen molar-refractivity contribution in [3.8, 4) is 0 Å². The number of aromatic carboxylic acids is 1. The Hall–Kier alpha value is -0.690. The first-order chi connectivity index (χ1) is 6.61. The van der Waals surface area contributed by atoms with Crippen LogP contribution in [0.5, 0.6) is 0 Å². The number of hydrogen-bond acceptors (Lipinski definition) is 2. The SMILES string of the molecule is O=C(O)c1sc2cccc(F)c2c1I. The van der Waals surface area contributed by atoms with Crippen LogP contribution in [0, 0.1) is 9.39 Å². The summed E-state index contributed by atoms with van der Waals surface area (Å²) in [6, 6.07) is 4.64. The predicted molar refractivity (Wildman–Crippen MR) is 61.5 cm³/mol. The molecule has 0 bridgehead atoms. The van der Waals surface area contributed by atoms with Gasteiger partial charge in [0.25, 0.3) is 0 Å². The summed E-state index contributed by atoms with van der Waals surface area (Å²) in [5.74, 6) is -1.37. The Balaban J connectivity index is 2.87. The largest absolute Gasteiger partial charge is 0.477 e. The van der Waals surface area contributed by atoms with Crippen LogP contribution in [0.15, 0.2) is 18.2 Å². The van der Waals surface area contributed by atoms with Crippen molar-refractivity contribution in [3.63, 3.8) is 0 Å². The monoisotopic (exact) mass is 322 g/mol. The van der Waals surface area contributed by atoms with Crippen LogP contribution in [-0.4, -0.2) is 11.1 Å². The molecule has 1 N–H and O–H groups in total. The van der Waals surface area contributed by atoms with E-state index in [1.807, 2.05) is 22.6 Å². The molecule has 14 heavy (non-hydrogen) atoms. The summed E-state index contributed by atoms with van der Waals surface area (Å²) in [6.45, 7) is 0. The Morgan fingerprint density at radius 2 is 2.21 bits per heavy atom. The molecule has 1 aromatic heterocycles. The molecule has 0 aliphatic heterocycles. The highest BCUT2D eigenvalue weighted by atomic mass is 127. The topological polar surface area (TPSA) is 37.3 Å². The fraction of sp³-hybridized carbons (Fsp3) is 0. The first-order valence-corrected chi connectivity index (χ1v) is 5.60. The molecule has 1 aromatic carbocycles. The van der Waals surface area contributed by atoms with Gasteiger partial charge >= 0.3 is 5.97 Å². The second-order valence-electron chi connectivity index (χ2n) is 2.66. The lowest BCUT2D eigenvalue weighted by atomic mass is 10.2. The van der Waals surface area contributed by atoms with E-state index >= 15 is 0 Å². The van der Waals surface area contributed by atoms with Crippen molar-refractivity contribution in [1.82, 2.24) is 0 Å². The van der Waals surface area contributed by atoms with Gasteiger partial charge in [0.2, 0.25) is 0 Å². The molecule has 0 amide bonds. The molecule has 0 fully saturated rings. The van der Waals surface area contributed by atoms with Crippen molar-refractivity contribution in [2.45, 2.75) is 0 Å². The minimum Gasteiger partial charge on any atom is -0.477 e. The van der Waals surface area contributed by atoms with Crippen molar-refractivity contribution in [1.29, 1.82) is 0 Å². The molecule has 2 nitrogen and oxygen atoms in total. The van der Waals surface area contributed by atoms with Gasteiger partial charge in [0.05, 0.1) is 0 Å². The Morgan fingerprint density at radius 1 is 1.50 bits per heavy atom. The number of carboxylic acids is 1. The van der Waals surface area contributed by atoms with Crippen LogP contribution < -0.4 is 0 Å². The smallest absolute Gasteiger partial charge is 0.347 e. The van der Waals surface area contributed by atoms with Crippen LogP contribution >= 0.6 is 33.9 Å². The van der Waals surface area contributed by atoms with E-state index in [0.29, 0.717) is 13.7 Å². The van der Waals surface area contributed by atoms with Crippen LogP contribution in [0.25, 0.3) is 10.1 Å². The number of benzene rings is 1. The Labute approximate surface area is 96.5 Å². The van der Waals surface area contributed by atoms with E-state index < -0.39 is 5.97 Å². The minimum absolute atomic E-state index is 0.200. The van der Waals surface area contributed by atoms with Gasteiger partial charge in [-0.1, -0.05) is 6.07 Å². The summed E-state index contributed by atoms with van der Waals surface area (Å²) in [7, 11) is 0. The summed E-state index contributed by atoms with van der Waals surface area (Å²) in [5.41, 5.74) is 0. The number of hydrogen-bond donors (Lipinski definition) is 1. The molecule has 0 unspecified atom stereocenters. The van der Waals surface area contributed by atoms with Gasteiger partial charge in [0.15, 0.2) is 0 Å². The van der Waals surface area contributed by atoms with Gasteiger partial charge in [-0.25, -0.2) is 9.18 Å². The van der Waals surface area contributed by atoms with E-state index in [9.17, 15) is 9.18 Å². The summed E-state index contributed by atoms with van der Waals surface area (Å²) in [6.07, 6.45) is 0. The molecule has 72 valence electrons. The van der Waals surface area contributed by atoms with E-state index in [-0.39, 0.29) is 10.7 Å². The van der Waals surface area contributed by atoms with Gasteiger partial charge in [-0.2, -0.15) is 0 Å². The second kappa shape index (κ2) is 3.47. The molecule has 5 heteroatoms. The Morgan fingerprint density at radius 3 is 2.79 bits per heavy atom. The minimum atomic E-state index is -1.00. The molecule has 1 heterocycles. The zero-order chi connectivity index (χ0) is 10.3. The van der Waals surface area contributed by atoms with Crippen LogP contribution in [0.3, 0.4) is 0 Å². The van der Waals surface area contributed by atoms with Crippen LogP contribution in [-0.2, 0) is 0 Å². The fourth-order valence-electron chi connectivity index (χ4n) is 1.21. The predicted octanol–water partition coefficient (Wildman–Crippen LogP) is 3.34. The van der Waals surface area contributed by atoms with E-state index in [1.165, 1.54) is 6.07 Å². The number of thiophene rings is 1. The van der Waals surface area contributed by atoms with Gasteiger partial charge in [0, 0.05) is 13.7 Å². The normalized spacial score (nSPS) is 10.7. The summed E-state index contributed by atoms with van der Waals surface area (Å²) in [4.78, 5) is 11.0. The molecular weight excluding hydrogens is 318 g/mol. The molecular formula is C9H4FIO2S. The number of carbonyl (C=O) groups is 1. The molecule has 0 saturated carbocycles. The lowest BCUT2D eigenvalue weighted by molar-refractivity contribution is 0.0701. The first kappa shape index (κ1) is 9.85. The second-order valence-corrected chi connectivity index (χ2v) is 4.79. The zero-order valence-electron chi connectivity index (χ0n) is 6.75. The maximum absolute atomic E-state index is 13.3. The van der Waals surface area contributed by atoms with Gasteiger partial charge in [-0.3, -0.25) is 0 Å². The molecule has 0 aliphatic carbocycles. The van der Waals surface area contributed by atoms with Crippen LogP contribution in [0.2, 0.25) is 0 Å². The van der Waals surface area contributed by atoms with Crippen molar-refractivity contribution in [2.75, 3.05) is 0 Å². The maximum Gasteiger partial charge on any atom is 0.347 e. The molecule has 0 aliphatic rings. The maximum atomic E-state index is 13.3. The van der Waals surface area contributed by atoms with E-state index in [1.54, 1.807) is 12.1 Å². The first-order valence-electron chi connectivity index (χ1n) is 3.71. The van der Waals surface area contributed by atoms with Crippen molar-refractivity contribution in [2.24, 2.45) is 0 Å². The fourth-order valence-corrected chi connectivity index (χ4v) is 3.45. The van der Waals surface area contributed by atoms with Gasteiger partial charge in [0.1, 0.15) is 10.7 Å². The lowest BCUT2D eigenvalue weighted by Gasteiger charge is -1.92. The molecule has 0 radical (unpaired) electrons. The van der Waals surface area contributed by atoms with Gasteiger partial charge < -0.3 is 5.11 Å². The van der Waals surface area contributed by atoms with Crippen molar-refractivity contribution < 1.29 is 14.3 Å². The Kier molecular flexibility index (Phi) is 2.44. The highest BCUT2D eigenvalue weighted by Gasteiger charge is 2.17. The summed E-state index contributed by atoms with van der Waals surface area (Å²) < 4.78 is 14.5. The number of halogens is 2. The van der Waals surface area contributed by atoms with Crippen LogP contribution in [0.1, 0.15) is 9.67 Å². The molecule has 0 atom stereocenters. The van der Waals surface area contributed by atoms with Gasteiger partial charge in [-0.15, -0.1) is 11.3 Å². The van der Waals surface area contributed by atoms with Crippen molar-refractivity contribution in [3.05, 3.63) is 32.5 Å². The number of carboxylic acid groups (broad SMARTS) is 1. The highest BCUT2D eigenvalue weighted by Crippen LogP contribution is 2.33. The van der Waals surface area contributed by atoms with E-state index in [2.05, 4.69) is 0 Å². The van der Waals surface area contributed by atoms with Crippen molar-refractivity contribution >= 4 is 50.0 Å². The number of rotatable bonds is 1. The molecule has 0 spiro atoms. The van der Waals surface area contributed by atoms with Gasteiger partial charge in [-0.05, 0) is 34.7 Å². The van der Waals surface area contributed by atoms with Crippen LogP contribution in [0.4, 0.5) is 4.39 Å². The summed E-state index contributed by atoms with van der Waals surface area (Å²) >= 11 is 2.96. The lowest BCUT2D eigenvalue weighted by Crippen LogP contribution is -1.93. The third-order valence-electron chi connectivity index (χ3n) is 1.80. The molecule has 2 aromatic rings. The quantitative estimate of drug-likeness (QED) is 0.818. The Bertz CT molecular complexity index is 521. The van der Waals surface area contributed by atoms with E-state index in [4.69, 9.17) is 5.11 Å². The standard InChI is InChI=1S/C9H4FIO2S/c10-4-2-1-3-5-6(4)7(11)8(14-5)9(12)13/h1-3H,(H,12,13). The number of fused-ring (bicyclic) bond motifs is 1. The average molecular weight is 322 g/mol. The summed E-state index contributed by atoms with van der Waals surface area (Å²) in [5, 5.41) is 9.25. The molecule has 2 rings (SSSR count). The van der Waals surface area contributed by atoms with E-state index in [0.717, 1.165) is 11.3 Å². The molecule has 0 saturated heterocycles. The highest BCUT2D eigenvalue weighted by molar-refractivity contribution is 14.1. The average Bonchev–Trinajstić information content (AvgIpc) is 2.45. The zero-order valence-corrected chi connectivity index (χ0v) is 9.73.